The van der Waals surface area contributed by atoms with Crippen LogP contribution in [0.3, 0.4) is 0 Å². The topological polar surface area (TPSA) is 113 Å². The standard InChI is InChI=1S/C3H10N2O4S/c4-1-3(6)2-5-10(7,8)9/h3,5-6H,1-2,4H2,(H,7,8,9). The highest BCUT2D eigenvalue weighted by molar-refractivity contribution is 7.83. The number of nitrogens with two attached hydrogens (primary N) is 1. The Hall–Kier alpha value is -0.210. The van der Waals surface area contributed by atoms with Crippen molar-refractivity contribution in [2.45, 2.75) is 6.10 Å². The minimum absolute atomic E-state index is 0.0531. The number of aliphatic hydroxyl groups excluding tert-OH is 1. The Labute approximate surface area is 58.9 Å². The molecular formula is C3H10N2O4S. The molecular weight excluding hydrogens is 160 g/mol. The lowest BCUT2D eigenvalue weighted by Gasteiger charge is -2.05. The predicted molar refractivity (Wildman–Crippen MR) is 34.6 cm³/mol. The first kappa shape index (κ1) is 9.79. The van der Waals surface area contributed by atoms with E-state index in [0.29, 0.717) is 0 Å². The van der Waals surface area contributed by atoms with Crippen LogP contribution in [0.5, 0.6) is 0 Å². The van der Waals surface area contributed by atoms with Crippen molar-refractivity contribution in [3.8, 4) is 0 Å². The molecule has 1 unspecified atom stereocenters. The van der Waals surface area contributed by atoms with Gasteiger partial charge in [-0.25, -0.2) is 0 Å². The highest BCUT2D eigenvalue weighted by atomic mass is 32.2. The van der Waals surface area contributed by atoms with Crippen molar-refractivity contribution in [3.63, 3.8) is 0 Å². The van der Waals surface area contributed by atoms with E-state index in [1.807, 2.05) is 0 Å². The van der Waals surface area contributed by atoms with E-state index in [2.05, 4.69) is 0 Å². The second kappa shape index (κ2) is 3.84. The van der Waals surface area contributed by atoms with Gasteiger partial charge in [0.15, 0.2) is 0 Å². The SMILES string of the molecule is NCC(O)CNS(=O)(=O)O. The second-order valence-electron chi connectivity index (χ2n) is 1.71. The summed E-state index contributed by atoms with van der Waals surface area (Å²) in [5, 5.41) is 8.66. The van der Waals surface area contributed by atoms with E-state index in [0.717, 1.165) is 0 Å². The van der Waals surface area contributed by atoms with E-state index in [-0.39, 0.29) is 13.1 Å². The van der Waals surface area contributed by atoms with Gasteiger partial charge in [0.1, 0.15) is 0 Å². The maximum atomic E-state index is 9.94. The van der Waals surface area contributed by atoms with Crippen LogP contribution in [0.1, 0.15) is 0 Å². The van der Waals surface area contributed by atoms with Gasteiger partial charge in [0.05, 0.1) is 6.10 Å². The van der Waals surface area contributed by atoms with Crippen LogP contribution in [0.15, 0.2) is 0 Å². The summed E-state index contributed by atoms with van der Waals surface area (Å²) >= 11 is 0. The molecule has 0 saturated carbocycles. The lowest BCUT2D eigenvalue weighted by atomic mass is 10.4. The molecule has 0 saturated heterocycles. The molecule has 0 aliphatic rings. The van der Waals surface area contributed by atoms with Crippen molar-refractivity contribution in [2.24, 2.45) is 5.73 Å². The predicted octanol–water partition coefficient (Wildman–Crippen LogP) is -2.30. The van der Waals surface area contributed by atoms with Crippen molar-refractivity contribution >= 4 is 10.3 Å². The maximum absolute atomic E-state index is 9.94. The molecule has 0 amide bonds. The summed E-state index contributed by atoms with van der Waals surface area (Å²) in [7, 11) is -4.19. The van der Waals surface area contributed by atoms with Crippen molar-refractivity contribution in [1.82, 2.24) is 4.72 Å². The fourth-order valence-corrected chi connectivity index (χ4v) is 0.688. The molecule has 1 atom stereocenters. The van der Waals surface area contributed by atoms with E-state index in [1.54, 1.807) is 4.72 Å². The number of hydrogen-bond donors (Lipinski definition) is 4. The van der Waals surface area contributed by atoms with Crippen LogP contribution >= 0.6 is 0 Å². The zero-order chi connectivity index (χ0) is 8.20. The molecule has 0 aromatic carbocycles. The Balaban J connectivity index is 3.56. The van der Waals surface area contributed by atoms with Crippen LogP contribution < -0.4 is 10.5 Å². The maximum Gasteiger partial charge on any atom is 0.333 e. The first-order valence-electron chi connectivity index (χ1n) is 2.56. The largest absolute Gasteiger partial charge is 0.390 e. The van der Waals surface area contributed by atoms with Crippen LogP contribution in [0.2, 0.25) is 0 Å². The van der Waals surface area contributed by atoms with E-state index in [1.165, 1.54) is 0 Å². The lowest BCUT2D eigenvalue weighted by Crippen LogP contribution is -2.35. The number of aliphatic hydroxyl groups is 1. The minimum atomic E-state index is -4.19. The summed E-state index contributed by atoms with van der Waals surface area (Å²) in [5.41, 5.74) is 4.93. The van der Waals surface area contributed by atoms with Crippen LogP contribution in [0.4, 0.5) is 0 Å². The summed E-state index contributed by atoms with van der Waals surface area (Å²) < 4.78 is 29.6. The Morgan fingerprint density at radius 3 is 2.40 bits per heavy atom. The first-order chi connectivity index (χ1) is 4.45. The molecule has 0 bridgehead atoms. The average Bonchev–Trinajstić information content (AvgIpc) is 1.81. The Bertz CT molecular complexity index is 177. The van der Waals surface area contributed by atoms with E-state index < -0.39 is 16.4 Å². The molecule has 0 aliphatic carbocycles. The molecule has 0 aromatic heterocycles. The lowest BCUT2D eigenvalue weighted by molar-refractivity contribution is 0.185. The first-order valence-corrected chi connectivity index (χ1v) is 4.00. The van der Waals surface area contributed by atoms with Gasteiger partial charge in [-0.2, -0.15) is 13.1 Å². The molecule has 0 heterocycles. The highest BCUT2D eigenvalue weighted by Gasteiger charge is 2.06. The van der Waals surface area contributed by atoms with Crippen LogP contribution in [0.25, 0.3) is 0 Å². The van der Waals surface area contributed by atoms with Crippen molar-refractivity contribution in [1.29, 1.82) is 0 Å². The third kappa shape index (κ3) is 5.92. The molecule has 7 heteroatoms. The number of rotatable bonds is 4. The molecule has 5 N–H and O–H groups in total. The summed E-state index contributed by atoms with van der Waals surface area (Å²) in [5.74, 6) is 0. The van der Waals surface area contributed by atoms with Gasteiger partial charge in [-0.15, -0.1) is 0 Å². The third-order valence-electron chi connectivity index (χ3n) is 0.773. The summed E-state index contributed by atoms with van der Waals surface area (Å²) in [6.45, 7) is -0.322. The summed E-state index contributed by atoms with van der Waals surface area (Å²) in [6, 6.07) is 0. The fourth-order valence-electron chi connectivity index (χ4n) is 0.285. The van der Waals surface area contributed by atoms with Gasteiger partial charge < -0.3 is 10.8 Å². The number of nitrogens with one attached hydrogen (secondary N) is 1. The van der Waals surface area contributed by atoms with Crippen molar-refractivity contribution in [3.05, 3.63) is 0 Å². The molecule has 62 valence electrons. The molecule has 0 fully saturated rings. The zero-order valence-electron chi connectivity index (χ0n) is 5.19. The van der Waals surface area contributed by atoms with Gasteiger partial charge in [-0.05, 0) is 0 Å². The van der Waals surface area contributed by atoms with Gasteiger partial charge >= 0.3 is 10.3 Å². The molecule has 10 heavy (non-hydrogen) atoms. The van der Waals surface area contributed by atoms with E-state index in [4.69, 9.17) is 15.4 Å². The van der Waals surface area contributed by atoms with Gasteiger partial charge in [-0.3, -0.25) is 4.55 Å². The summed E-state index contributed by atoms with van der Waals surface area (Å²) in [6.07, 6.45) is -0.957. The molecule has 0 aliphatic heterocycles. The molecule has 0 aromatic rings. The number of hydrogen-bond acceptors (Lipinski definition) is 4. The van der Waals surface area contributed by atoms with Gasteiger partial charge in [0.2, 0.25) is 0 Å². The van der Waals surface area contributed by atoms with E-state index >= 15 is 0 Å². The van der Waals surface area contributed by atoms with Crippen molar-refractivity contribution < 1.29 is 18.1 Å². The Morgan fingerprint density at radius 2 is 2.10 bits per heavy atom. The van der Waals surface area contributed by atoms with Gasteiger partial charge in [0.25, 0.3) is 0 Å². The Kier molecular flexibility index (Phi) is 3.76. The monoisotopic (exact) mass is 170 g/mol. The quantitative estimate of drug-likeness (QED) is 0.354. The van der Waals surface area contributed by atoms with Crippen LogP contribution in [0, 0.1) is 0 Å². The minimum Gasteiger partial charge on any atom is -0.390 e. The highest BCUT2D eigenvalue weighted by Crippen LogP contribution is 1.77. The van der Waals surface area contributed by atoms with Crippen molar-refractivity contribution in [2.75, 3.05) is 13.1 Å². The molecule has 0 radical (unpaired) electrons. The second-order valence-corrected chi connectivity index (χ2v) is 2.95. The van der Waals surface area contributed by atoms with Gasteiger partial charge in [-0.1, -0.05) is 0 Å². The van der Waals surface area contributed by atoms with Crippen LogP contribution in [-0.4, -0.2) is 37.3 Å². The smallest absolute Gasteiger partial charge is 0.333 e. The molecule has 0 rings (SSSR count). The molecule has 0 spiro atoms. The third-order valence-corrected chi connectivity index (χ3v) is 1.30. The molecule has 6 nitrogen and oxygen atoms in total. The normalized spacial score (nSPS) is 15.1. The Morgan fingerprint density at radius 1 is 1.60 bits per heavy atom. The van der Waals surface area contributed by atoms with Gasteiger partial charge in [0, 0.05) is 13.1 Å². The summed E-state index contributed by atoms with van der Waals surface area (Å²) in [4.78, 5) is 0. The average molecular weight is 170 g/mol. The zero-order valence-corrected chi connectivity index (χ0v) is 6.00. The van der Waals surface area contributed by atoms with Crippen LogP contribution in [-0.2, 0) is 10.3 Å². The van der Waals surface area contributed by atoms with E-state index in [9.17, 15) is 8.42 Å². The fraction of sp³-hybridized carbons (Fsp3) is 1.00.